The van der Waals surface area contributed by atoms with Gasteiger partial charge in [0.25, 0.3) is 0 Å². The Morgan fingerprint density at radius 3 is 2.95 bits per heavy atom. The summed E-state index contributed by atoms with van der Waals surface area (Å²) in [6.45, 7) is 5.38. The van der Waals surface area contributed by atoms with Gasteiger partial charge in [-0.3, -0.25) is 0 Å². The van der Waals surface area contributed by atoms with E-state index in [-0.39, 0.29) is 6.10 Å². The molecule has 0 saturated carbocycles. The molecule has 0 bridgehead atoms. The lowest BCUT2D eigenvalue weighted by Crippen LogP contribution is -2.37. The zero-order valence-corrected chi connectivity index (χ0v) is 11.8. The van der Waals surface area contributed by atoms with E-state index in [0.717, 1.165) is 29.9 Å². The molecule has 1 aromatic rings. The number of aryl methyl sites for hydroxylation is 1. The Morgan fingerprint density at radius 1 is 1.53 bits per heavy atom. The van der Waals surface area contributed by atoms with Crippen LogP contribution in [0.4, 0.5) is 0 Å². The second-order valence-corrected chi connectivity index (χ2v) is 5.14. The molecular weight excluding hydrogens is 242 g/mol. The zero-order chi connectivity index (χ0) is 13.8. The summed E-state index contributed by atoms with van der Waals surface area (Å²) in [7, 11) is 1.63. The van der Waals surface area contributed by atoms with E-state index in [1.165, 1.54) is 0 Å². The first kappa shape index (κ1) is 14.3. The quantitative estimate of drug-likeness (QED) is 0.852. The summed E-state index contributed by atoms with van der Waals surface area (Å²) in [5.41, 5.74) is 1.95. The van der Waals surface area contributed by atoms with Crippen LogP contribution in [0.3, 0.4) is 0 Å². The molecule has 0 amide bonds. The first-order valence-electron chi connectivity index (χ1n) is 6.79. The highest BCUT2D eigenvalue weighted by molar-refractivity contribution is 5.38. The minimum Gasteiger partial charge on any atom is -0.496 e. The number of hydrogen-bond acceptors (Lipinski definition) is 4. The highest BCUT2D eigenvalue weighted by Crippen LogP contribution is 2.26. The molecule has 0 spiro atoms. The number of nitrogens with one attached hydrogen (secondary N) is 1. The van der Waals surface area contributed by atoms with Crippen LogP contribution in [-0.2, 0) is 4.74 Å². The third-order valence-electron chi connectivity index (χ3n) is 3.69. The summed E-state index contributed by atoms with van der Waals surface area (Å²) in [5.74, 6) is 0.732. The van der Waals surface area contributed by atoms with Gasteiger partial charge in [0.05, 0.1) is 19.3 Å². The van der Waals surface area contributed by atoms with Gasteiger partial charge in [-0.2, -0.15) is 0 Å². The summed E-state index contributed by atoms with van der Waals surface area (Å²) < 4.78 is 10.8. The largest absolute Gasteiger partial charge is 0.496 e. The summed E-state index contributed by atoms with van der Waals surface area (Å²) in [6, 6.07) is 6.18. The number of aliphatic hydroxyl groups excluding tert-OH is 1. The number of benzene rings is 1. The fourth-order valence-corrected chi connectivity index (χ4v) is 2.49. The van der Waals surface area contributed by atoms with Crippen molar-refractivity contribution in [3.05, 3.63) is 29.3 Å². The highest BCUT2D eigenvalue weighted by Gasteiger charge is 2.24. The molecule has 4 nitrogen and oxygen atoms in total. The van der Waals surface area contributed by atoms with E-state index in [1.54, 1.807) is 7.11 Å². The first-order valence-corrected chi connectivity index (χ1v) is 6.79. The Hall–Kier alpha value is -1.10. The molecule has 2 rings (SSSR count). The Balaban J connectivity index is 1.99. The molecule has 1 saturated heterocycles. The molecule has 19 heavy (non-hydrogen) atoms. The van der Waals surface area contributed by atoms with Gasteiger partial charge in [-0.15, -0.1) is 0 Å². The summed E-state index contributed by atoms with van der Waals surface area (Å²) in [6.07, 6.45) is 0.646. The minimum atomic E-state index is -0.567. The lowest BCUT2D eigenvalue weighted by molar-refractivity contribution is 0.106. The topological polar surface area (TPSA) is 50.7 Å². The predicted octanol–water partition coefficient (Wildman–Crippen LogP) is 1.80. The number of ether oxygens (including phenoxy) is 2. The van der Waals surface area contributed by atoms with Crippen LogP contribution in [0.25, 0.3) is 0 Å². The van der Waals surface area contributed by atoms with Crippen LogP contribution in [0.5, 0.6) is 5.75 Å². The van der Waals surface area contributed by atoms with Gasteiger partial charge in [0, 0.05) is 24.8 Å². The molecule has 1 aromatic carbocycles. The van der Waals surface area contributed by atoms with Crippen LogP contribution in [-0.4, -0.2) is 37.5 Å². The van der Waals surface area contributed by atoms with Gasteiger partial charge in [0.15, 0.2) is 0 Å². The van der Waals surface area contributed by atoms with Crippen molar-refractivity contribution >= 4 is 0 Å². The van der Waals surface area contributed by atoms with Crippen LogP contribution in [0.15, 0.2) is 18.2 Å². The number of rotatable bonds is 5. The minimum absolute atomic E-state index is 0.214. The fraction of sp³-hybridized carbons (Fsp3) is 0.600. The van der Waals surface area contributed by atoms with E-state index in [1.807, 2.05) is 25.1 Å². The standard InChI is InChI=1S/C15H23NO3/c1-10-4-5-15(18-3)12(8-10)14(17)9-16-13-6-7-19-11(13)2/h4-5,8,11,13-14,16-17H,6-7,9H2,1-3H3. The average molecular weight is 265 g/mol. The predicted molar refractivity (Wildman–Crippen MR) is 74.5 cm³/mol. The van der Waals surface area contributed by atoms with E-state index >= 15 is 0 Å². The zero-order valence-electron chi connectivity index (χ0n) is 11.8. The number of aliphatic hydroxyl groups is 1. The molecule has 1 fully saturated rings. The first-order chi connectivity index (χ1) is 9.11. The maximum Gasteiger partial charge on any atom is 0.124 e. The van der Waals surface area contributed by atoms with Crippen LogP contribution < -0.4 is 10.1 Å². The van der Waals surface area contributed by atoms with Gasteiger partial charge in [-0.05, 0) is 32.4 Å². The molecule has 0 aliphatic carbocycles. The molecule has 4 heteroatoms. The van der Waals surface area contributed by atoms with Crippen molar-refractivity contribution < 1.29 is 14.6 Å². The van der Waals surface area contributed by atoms with Crippen molar-refractivity contribution in [1.82, 2.24) is 5.32 Å². The van der Waals surface area contributed by atoms with Crippen LogP contribution in [0.2, 0.25) is 0 Å². The van der Waals surface area contributed by atoms with E-state index in [2.05, 4.69) is 12.2 Å². The van der Waals surface area contributed by atoms with E-state index in [4.69, 9.17) is 9.47 Å². The molecule has 1 heterocycles. The van der Waals surface area contributed by atoms with Crippen molar-refractivity contribution in [3.63, 3.8) is 0 Å². The van der Waals surface area contributed by atoms with Gasteiger partial charge in [-0.25, -0.2) is 0 Å². The van der Waals surface area contributed by atoms with Gasteiger partial charge in [-0.1, -0.05) is 11.6 Å². The molecule has 1 aliphatic heterocycles. The van der Waals surface area contributed by atoms with E-state index in [0.29, 0.717) is 12.6 Å². The Labute approximate surface area is 114 Å². The van der Waals surface area contributed by atoms with Gasteiger partial charge in [0.1, 0.15) is 5.75 Å². The van der Waals surface area contributed by atoms with Crippen LogP contribution >= 0.6 is 0 Å². The SMILES string of the molecule is COc1ccc(C)cc1C(O)CNC1CCOC1C. The van der Waals surface area contributed by atoms with Crippen molar-refractivity contribution in [2.24, 2.45) is 0 Å². The Kier molecular flexibility index (Phi) is 4.80. The fourth-order valence-electron chi connectivity index (χ4n) is 2.49. The molecule has 3 atom stereocenters. The maximum atomic E-state index is 10.3. The highest BCUT2D eigenvalue weighted by atomic mass is 16.5. The van der Waals surface area contributed by atoms with Gasteiger partial charge >= 0.3 is 0 Å². The maximum absolute atomic E-state index is 10.3. The van der Waals surface area contributed by atoms with Crippen molar-refractivity contribution in [1.29, 1.82) is 0 Å². The molecule has 0 radical (unpaired) electrons. The molecule has 0 aromatic heterocycles. The Bertz CT molecular complexity index is 422. The molecular formula is C15H23NO3. The van der Waals surface area contributed by atoms with Gasteiger partial charge < -0.3 is 19.9 Å². The average Bonchev–Trinajstić information content (AvgIpc) is 2.81. The summed E-state index contributed by atoms with van der Waals surface area (Å²) in [4.78, 5) is 0. The van der Waals surface area contributed by atoms with E-state index < -0.39 is 6.10 Å². The summed E-state index contributed by atoms with van der Waals surface area (Å²) in [5, 5.41) is 13.7. The van der Waals surface area contributed by atoms with Crippen molar-refractivity contribution in [2.75, 3.05) is 20.3 Å². The number of hydrogen-bond donors (Lipinski definition) is 2. The smallest absolute Gasteiger partial charge is 0.124 e. The lowest BCUT2D eigenvalue weighted by Gasteiger charge is -2.20. The molecule has 2 N–H and O–H groups in total. The normalized spacial score (nSPS) is 24.4. The van der Waals surface area contributed by atoms with E-state index in [9.17, 15) is 5.11 Å². The molecule has 1 aliphatic rings. The molecule has 106 valence electrons. The summed E-state index contributed by atoms with van der Waals surface area (Å²) >= 11 is 0. The number of methoxy groups -OCH3 is 1. The Morgan fingerprint density at radius 2 is 2.32 bits per heavy atom. The van der Waals surface area contributed by atoms with Crippen LogP contribution in [0, 0.1) is 6.92 Å². The second kappa shape index (κ2) is 6.37. The monoisotopic (exact) mass is 265 g/mol. The van der Waals surface area contributed by atoms with Crippen molar-refractivity contribution in [3.8, 4) is 5.75 Å². The third kappa shape index (κ3) is 3.47. The third-order valence-corrected chi connectivity index (χ3v) is 3.69. The molecule has 3 unspecified atom stereocenters. The van der Waals surface area contributed by atoms with Crippen LogP contribution in [0.1, 0.15) is 30.6 Å². The lowest BCUT2D eigenvalue weighted by atomic mass is 10.0. The van der Waals surface area contributed by atoms with Gasteiger partial charge in [0.2, 0.25) is 0 Å². The van der Waals surface area contributed by atoms with Crippen molar-refractivity contribution in [2.45, 2.75) is 38.5 Å². The second-order valence-electron chi connectivity index (χ2n) is 5.14.